The van der Waals surface area contributed by atoms with Crippen LogP contribution in [0.5, 0.6) is 0 Å². The molecule has 0 aromatic heterocycles. The molecule has 0 radical (unpaired) electrons. The van der Waals surface area contributed by atoms with Crippen LogP contribution in [-0.4, -0.2) is 37.0 Å². The van der Waals surface area contributed by atoms with Gasteiger partial charge in [0.2, 0.25) is 5.91 Å². The first kappa shape index (κ1) is 12.9. The Balaban J connectivity index is 2.10. The molecule has 1 aliphatic heterocycles. The zero-order valence-corrected chi connectivity index (χ0v) is 11.3. The van der Waals surface area contributed by atoms with Crippen molar-refractivity contribution in [2.45, 2.75) is 32.2 Å². The number of benzene rings is 1. The van der Waals surface area contributed by atoms with E-state index in [1.165, 1.54) is 5.69 Å². The molecular formula is C15H22N2O. The zero-order chi connectivity index (χ0) is 13.0. The van der Waals surface area contributed by atoms with Gasteiger partial charge in [-0.1, -0.05) is 25.1 Å². The molecule has 1 aromatic carbocycles. The Morgan fingerprint density at radius 2 is 2.11 bits per heavy atom. The molecule has 18 heavy (non-hydrogen) atoms. The topological polar surface area (TPSA) is 23.6 Å². The number of likely N-dealkylation sites (N-methyl/N-ethyl adjacent to an activating group) is 1. The van der Waals surface area contributed by atoms with E-state index >= 15 is 0 Å². The number of para-hydroxylation sites is 1. The Hall–Kier alpha value is -1.51. The van der Waals surface area contributed by atoms with Crippen LogP contribution in [0.15, 0.2) is 30.3 Å². The first-order valence-electron chi connectivity index (χ1n) is 6.80. The highest BCUT2D eigenvalue weighted by Crippen LogP contribution is 2.26. The number of anilines is 1. The summed E-state index contributed by atoms with van der Waals surface area (Å²) in [4.78, 5) is 16.5. The molecular weight excluding hydrogens is 224 g/mol. The van der Waals surface area contributed by atoms with E-state index in [2.05, 4.69) is 24.0 Å². The van der Waals surface area contributed by atoms with Gasteiger partial charge in [0.05, 0.1) is 0 Å². The zero-order valence-electron chi connectivity index (χ0n) is 11.3. The van der Waals surface area contributed by atoms with Crippen LogP contribution in [0.1, 0.15) is 26.2 Å². The molecule has 1 atom stereocenters. The van der Waals surface area contributed by atoms with Gasteiger partial charge in [-0.2, -0.15) is 0 Å². The molecule has 1 heterocycles. The van der Waals surface area contributed by atoms with Crippen molar-refractivity contribution in [1.29, 1.82) is 0 Å². The highest BCUT2D eigenvalue weighted by atomic mass is 16.2. The highest BCUT2D eigenvalue weighted by molar-refractivity contribution is 5.85. The van der Waals surface area contributed by atoms with E-state index in [1.807, 2.05) is 30.1 Å². The molecule has 0 spiro atoms. The molecule has 1 amide bonds. The maximum Gasteiger partial charge on any atom is 0.245 e. The number of hydrogen-bond acceptors (Lipinski definition) is 2. The quantitative estimate of drug-likeness (QED) is 0.815. The van der Waals surface area contributed by atoms with Crippen LogP contribution in [0.2, 0.25) is 0 Å². The van der Waals surface area contributed by atoms with Gasteiger partial charge in [-0.15, -0.1) is 0 Å². The number of rotatable bonds is 4. The van der Waals surface area contributed by atoms with Crippen LogP contribution in [0.25, 0.3) is 0 Å². The van der Waals surface area contributed by atoms with Crippen LogP contribution in [0.3, 0.4) is 0 Å². The van der Waals surface area contributed by atoms with Gasteiger partial charge >= 0.3 is 0 Å². The van der Waals surface area contributed by atoms with E-state index in [4.69, 9.17) is 0 Å². The SMILES string of the molecule is CCCN(C)C(=O)[C@@H]1CCCN1c1ccccc1. The van der Waals surface area contributed by atoms with Crippen LogP contribution < -0.4 is 4.90 Å². The first-order valence-corrected chi connectivity index (χ1v) is 6.80. The van der Waals surface area contributed by atoms with Crippen molar-refractivity contribution in [1.82, 2.24) is 4.90 Å². The van der Waals surface area contributed by atoms with E-state index in [0.29, 0.717) is 0 Å². The average molecular weight is 246 g/mol. The fraction of sp³-hybridized carbons (Fsp3) is 0.533. The van der Waals surface area contributed by atoms with Crippen molar-refractivity contribution in [3.05, 3.63) is 30.3 Å². The van der Waals surface area contributed by atoms with Crippen molar-refractivity contribution in [3.8, 4) is 0 Å². The number of nitrogens with zero attached hydrogens (tertiary/aromatic N) is 2. The Labute approximate surface area is 109 Å². The summed E-state index contributed by atoms with van der Waals surface area (Å²) in [5, 5.41) is 0. The van der Waals surface area contributed by atoms with Gasteiger partial charge in [-0.25, -0.2) is 0 Å². The monoisotopic (exact) mass is 246 g/mol. The Morgan fingerprint density at radius 3 is 2.78 bits per heavy atom. The van der Waals surface area contributed by atoms with Gasteiger partial charge < -0.3 is 9.80 Å². The van der Waals surface area contributed by atoms with E-state index < -0.39 is 0 Å². The molecule has 0 aliphatic carbocycles. The summed E-state index contributed by atoms with van der Waals surface area (Å²) in [6.45, 7) is 3.94. The van der Waals surface area contributed by atoms with Crippen LogP contribution in [0, 0.1) is 0 Å². The summed E-state index contributed by atoms with van der Waals surface area (Å²) in [5.41, 5.74) is 1.17. The number of amides is 1. The fourth-order valence-electron chi connectivity index (χ4n) is 2.65. The maximum absolute atomic E-state index is 12.4. The molecule has 0 N–H and O–H groups in total. The average Bonchev–Trinajstić information content (AvgIpc) is 2.88. The van der Waals surface area contributed by atoms with Crippen LogP contribution in [0.4, 0.5) is 5.69 Å². The fourth-order valence-corrected chi connectivity index (χ4v) is 2.65. The van der Waals surface area contributed by atoms with Gasteiger partial charge in [0, 0.05) is 25.8 Å². The third-order valence-electron chi connectivity index (χ3n) is 3.56. The second-order valence-corrected chi connectivity index (χ2v) is 4.95. The summed E-state index contributed by atoms with van der Waals surface area (Å²) in [6, 6.07) is 10.3. The van der Waals surface area contributed by atoms with E-state index in [9.17, 15) is 4.79 Å². The summed E-state index contributed by atoms with van der Waals surface area (Å²) in [7, 11) is 1.91. The summed E-state index contributed by atoms with van der Waals surface area (Å²) >= 11 is 0. The number of hydrogen-bond donors (Lipinski definition) is 0. The standard InChI is InChI=1S/C15H22N2O/c1-3-11-16(2)15(18)14-10-7-12-17(14)13-8-5-4-6-9-13/h4-6,8-9,14H,3,7,10-12H2,1-2H3/t14-/m0/s1. The summed E-state index contributed by atoms with van der Waals surface area (Å²) in [6.07, 6.45) is 3.09. The lowest BCUT2D eigenvalue weighted by molar-refractivity contribution is -0.131. The van der Waals surface area contributed by atoms with Crippen LogP contribution >= 0.6 is 0 Å². The molecule has 0 bridgehead atoms. The third kappa shape index (κ3) is 2.66. The van der Waals surface area contributed by atoms with Crippen LogP contribution in [-0.2, 0) is 4.79 Å². The third-order valence-corrected chi connectivity index (χ3v) is 3.56. The maximum atomic E-state index is 12.4. The van der Waals surface area contributed by atoms with Crippen molar-refractivity contribution < 1.29 is 4.79 Å². The first-order chi connectivity index (χ1) is 8.74. The van der Waals surface area contributed by atoms with Gasteiger partial charge in [0.25, 0.3) is 0 Å². The van der Waals surface area contributed by atoms with Gasteiger partial charge in [0.15, 0.2) is 0 Å². The Kier molecular flexibility index (Phi) is 4.24. The number of carbonyl (C=O) groups is 1. The minimum absolute atomic E-state index is 0.0314. The normalized spacial score (nSPS) is 19.0. The second kappa shape index (κ2) is 5.89. The van der Waals surface area contributed by atoms with Gasteiger partial charge in [-0.3, -0.25) is 4.79 Å². The minimum Gasteiger partial charge on any atom is -0.360 e. The van der Waals surface area contributed by atoms with Crippen molar-refractivity contribution >= 4 is 11.6 Å². The highest BCUT2D eigenvalue weighted by Gasteiger charge is 2.32. The van der Waals surface area contributed by atoms with E-state index in [1.54, 1.807) is 0 Å². The summed E-state index contributed by atoms with van der Waals surface area (Å²) < 4.78 is 0. The van der Waals surface area contributed by atoms with Crippen molar-refractivity contribution in [3.63, 3.8) is 0 Å². The lowest BCUT2D eigenvalue weighted by Gasteiger charge is -2.29. The molecule has 3 nitrogen and oxygen atoms in total. The van der Waals surface area contributed by atoms with Crippen molar-refractivity contribution in [2.24, 2.45) is 0 Å². The van der Waals surface area contributed by atoms with Gasteiger partial charge in [-0.05, 0) is 31.4 Å². The predicted octanol–water partition coefficient (Wildman–Crippen LogP) is 2.52. The lowest BCUT2D eigenvalue weighted by Crippen LogP contribution is -2.44. The minimum atomic E-state index is 0.0314. The second-order valence-electron chi connectivity index (χ2n) is 4.95. The molecule has 1 saturated heterocycles. The largest absolute Gasteiger partial charge is 0.360 e. The molecule has 1 fully saturated rings. The lowest BCUT2D eigenvalue weighted by atomic mass is 10.1. The molecule has 1 aromatic rings. The van der Waals surface area contributed by atoms with E-state index in [-0.39, 0.29) is 11.9 Å². The molecule has 0 unspecified atom stereocenters. The summed E-state index contributed by atoms with van der Waals surface area (Å²) in [5.74, 6) is 0.262. The predicted molar refractivity (Wildman–Crippen MR) is 74.7 cm³/mol. The molecule has 1 aliphatic rings. The molecule has 2 rings (SSSR count). The molecule has 98 valence electrons. The Bertz CT molecular complexity index is 391. The molecule has 3 heteroatoms. The van der Waals surface area contributed by atoms with E-state index in [0.717, 1.165) is 32.4 Å². The smallest absolute Gasteiger partial charge is 0.245 e. The molecule has 0 saturated carbocycles. The Morgan fingerprint density at radius 1 is 1.39 bits per heavy atom. The number of carbonyl (C=O) groups excluding carboxylic acids is 1. The van der Waals surface area contributed by atoms with Gasteiger partial charge in [0.1, 0.15) is 6.04 Å². The van der Waals surface area contributed by atoms with Crippen molar-refractivity contribution in [2.75, 3.05) is 25.0 Å².